The second-order valence-electron chi connectivity index (χ2n) is 5.28. The van der Waals surface area contributed by atoms with E-state index in [2.05, 4.69) is 27.2 Å². The van der Waals surface area contributed by atoms with Gasteiger partial charge in [-0.05, 0) is 19.3 Å². The molecule has 2 fully saturated rings. The monoisotopic (exact) mass is 249 g/mol. The number of likely N-dealkylation sites (tertiary alicyclic amines) is 1. The lowest BCUT2D eigenvalue weighted by Gasteiger charge is -2.27. The molecule has 3 atom stereocenters. The fraction of sp³-hybridized carbons (Fsp3) is 0.750. The van der Waals surface area contributed by atoms with Gasteiger partial charge in [-0.25, -0.2) is 4.98 Å². The van der Waals surface area contributed by atoms with Gasteiger partial charge in [-0.3, -0.25) is 9.48 Å². The summed E-state index contributed by atoms with van der Waals surface area (Å²) in [6, 6.07) is 0.786. The molecule has 1 aromatic rings. The predicted molar refractivity (Wildman–Crippen MR) is 65.7 cm³/mol. The third kappa shape index (κ3) is 2.01. The van der Waals surface area contributed by atoms with Gasteiger partial charge in [0.15, 0.2) is 0 Å². The van der Waals surface area contributed by atoms with E-state index in [0.717, 1.165) is 19.5 Å². The number of rotatable bonds is 3. The van der Waals surface area contributed by atoms with E-state index in [1.165, 1.54) is 6.33 Å². The van der Waals surface area contributed by atoms with Crippen LogP contribution in [0.3, 0.4) is 0 Å². The zero-order valence-electron chi connectivity index (χ0n) is 10.6. The Kier molecular flexibility index (Phi) is 3.03. The number of aromatic nitrogens is 3. The highest BCUT2D eigenvalue weighted by molar-refractivity contribution is 5.77. The lowest BCUT2D eigenvalue weighted by atomic mass is 10.0. The summed E-state index contributed by atoms with van der Waals surface area (Å²) in [5, 5.41) is 7.40. The second kappa shape index (κ2) is 4.68. The van der Waals surface area contributed by atoms with Gasteiger partial charge in [0, 0.05) is 31.6 Å². The van der Waals surface area contributed by atoms with Crippen LogP contribution in [0.4, 0.5) is 0 Å². The quantitative estimate of drug-likeness (QED) is 0.811. The number of hydrogen-bond donors (Lipinski definition) is 1. The topological polar surface area (TPSA) is 63.1 Å². The molecule has 0 bridgehead atoms. The highest BCUT2D eigenvalue weighted by Crippen LogP contribution is 2.32. The maximum Gasteiger partial charge on any atom is 0.224 e. The molecule has 0 radical (unpaired) electrons. The number of fused-ring (bicyclic) bond motifs is 1. The largest absolute Gasteiger partial charge is 0.335 e. The molecule has 3 unspecified atom stereocenters. The Bertz CT molecular complexity index is 418. The van der Waals surface area contributed by atoms with Gasteiger partial charge in [-0.15, -0.1) is 0 Å². The first kappa shape index (κ1) is 11.6. The molecule has 3 heterocycles. The molecule has 0 aliphatic carbocycles. The molecule has 0 saturated carbocycles. The van der Waals surface area contributed by atoms with Gasteiger partial charge < -0.3 is 10.2 Å². The average molecular weight is 249 g/mol. The summed E-state index contributed by atoms with van der Waals surface area (Å²) < 4.78 is 1.71. The van der Waals surface area contributed by atoms with Gasteiger partial charge in [0.2, 0.25) is 5.91 Å². The van der Waals surface area contributed by atoms with Gasteiger partial charge in [0.1, 0.15) is 12.7 Å². The normalized spacial score (nSPS) is 30.7. The summed E-state index contributed by atoms with van der Waals surface area (Å²) in [5.41, 5.74) is 0. The Labute approximate surface area is 106 Å². The zero-order chi connectivity index (χ0) is 12.5. The second-order valence-corrected chi connectivity index (χ2v) is 5.28. The van der Waals surface area contributed by atoms with E-state index in [9.17, 15) is 4.79 Å². The van der Waals surface area contributed by atoms with Crippen LogP contribution in [0.2, 0.25) is 0 Å². The number of carbonyl (C=O) groups is 1. The van der Waals surface area contributed by atoms with Crippen LogP contribution in [0.1, 0.15) is 19.8 Å². The minimum atomic E-state index is 0.245. The van der Waals surface area contributed by atoms with Crippen LogP contribution in [-0.4, -0.2) is 50.7 Å². The number of aryl methyl sites for hydroxylation is 1. The fourth-order valence-electron chi connectivity index (χ4n) is 3.28. The molecule has 2 aliphatic heterocycles. The van der Waals surface area contributed by atoms with E-state index >= 15 is 0 Å². The minimum Gasteiger partial charge on any atom is -0.335 e. The summed E-state index contributed by atoms with van der Waals surface area (Å²) in [6.45, 7) is 4.78. The third-order valence-corrected chi connectivity index (χ3v) is 4.09. The van der Waals surface area contributed by atoms with Crippen LogP contribution < -0.4 is 5.32 Å². The number of hydrogen-bond acceptors (Lipinski definition) is 4. The van der Waals surface area contributed by atoms with Crippen molar-refractivity contribution < 1.29 is 4.79 Å². The van der Waals surface area contributed by atoms with Crippen molar-refractivity contribution in [1.29, 1.82) is 0 Å². The summed E-state index contributed by atoms with van der Waals surface area (Å²) in [4.78, 5) is 18.3. The molecule has 98 valence electrons. The first-order valence-electron chi connectivity index (χ1n) is 6.60. The van der Waals surface area contributed by atoms with Crippen molar-refractivity contribution >= 4 is 5.91 Å². The van der Waals surface area contributed by atoms with Crippen LogP contribution in [0, 0.1) is 5.92 Å². The van der Waals surface area contributed by atoms with Crippen LogP contribution in [-0.2, 0) is 11.3 Å². The molecule has 2 aliphatic rings. The standard InChI is InChI=1S/C12H19N5O/c1-9-4-10-5-13-6-11(10)17(9)12(18)2-3-16-8-14-7-15-16/h7-11,13H,2-6H2,1H3. The lowest BCUT2D eigenvalue weighted by Crippen LogP contribution is -2.43. The van der Waals surface area contributed by atoms with Gasteiger partial charge in [-0.2, -0.15) is 5.10 Å². The molecule has 0 spiro atoms. The van der Waals surface area contributed by atoms with Crippen molar-refractivity contribution in [3.05, 3.63) is 12.7 Å². The number of carbonyl (C=O) groups excluding carboxylic acids is 1. The predicted octanol–water partition coefficient (Wildman–Crippen LogP) is -0.123. The van der Waals surface area contributed by atoms with Crippen molar-refractivity contribution in [1.82, 2.24) is 25.0 Å². The van der Waals surface area contributed by atoms with Gasteiger partial charge in [0.05, 0.1) is 6.54 Å². The number of nitrogens with one attached hydrogen (secondary N) is 1. The smallest absolute Gasteiger partial charge is 0.224 e. The van der Waals surface area contributed by atoms with Gasteiger partial charge in [-0.1, -0.05) is 0 Å². The van der Waals surface area contributed by atoms with E-state index < -0.39 is 0 Å². The zero-order valence-corrected chi connectivity index (χ0v) is 10.6. The summed E-state index contributed by atoms with van der Waals surface area (Å²) in [5.74, 6) is 0.893. The molecular weight excluding hydrogens is 230 g/mol. The molecule has 1 amide bonds. The Balaban J connectivity index is 1.61. The summed E-state index contributed by atoms with van der Waals surface area (Å²) in [6.07, 6.45) is 4.80. The van der Waals surface area contributed by atoms with Crippen molar-refractivity contribution in [3.63, 3.8) is 0 Å². The van der Waals surface area contributed by atoms with Gasteiger partial charge in [0.25, 0.3) is 0 Å². The first-order chi connectivity index (χ1) is 8.75. The van der Waals surface area contributed by atoms with E-state index in [0.29, 0.717) is 31.0 Å². The molecule has 18 heavy (non-hydrogen) atoms. The Hall–Kier alpha value is -1.43. The molecule has 0 aromatic carbocycles. The van der Waals surface area contributed by atoms with Crippen molar-refractivity contribution in [2.45, 2.75) is 38.4 Å². The van der Waals surface area contributed by atoms with Crippen molar-refractivity contribution in [3.8, 4) is 0 Å². The van der Waals surface area contributed by atoms with Crippen LogP contribution in [0.5, 0.6) is 0 Å². The van der Waals surface area contributed by atoms with E-state index in [1.807, 2.05) is 0 Å². The Morgan fingerprint density at radius 1 is 1.50 bits per heavy atom. The minimum absolute atomic E-state index is 0.245. The molecule has 6 heteroatoms. The molecule has 1 N–H and O–H groups in total. The molecular formula is C12H19N5O. The van der Waals surface area contributed by atoms with E-state index in [-0.39, 0.29) is 5.91 Å². The summed E-state index contributed by atoms with van der Waals surface area (Å²) in [7, 11) is 0. The van der Waals surface area contributed by atoms with E-state index in [1.54, 1.807) is 11.0 Å². The maximum absolute atomic E-state index is 12.3. The van der Waals surface area contributed by atoms with Crippen LogP contribution in [0.15, 0.2) is 12.7 Å². The molecule has 2 saturated heterocycles. The molecule has 3 rings (SSSR count). The Morgan fingerprint density at radius 2 is 2.39 bits per heavy atom. The Morgan fingerprint density at radius 3 is 3.17 bits per heavy atom. The van der Waals surface area contributed by atoms with E-state index in [4.69, 9.17) is 0 Å². The maximum atomic E-state index is 12.3. The summed E-state index contributed by atoms with van der Waals surface area (Å²) >= 11 is 0. The third-order valence-electron chi connectivity index (χ3n) is 4.09. The fourth-order valence-corrected chi connectivity index (χ4v) is 3.28. The first-order valence-corrected chi connectivity index (χ1v) is 6.60. The highest BCUT2D eigenvalue weighted by atomic mass is 16.2. The van der Waals surface area contributed by atoms with Crippen molar-refractivity contribution in [2.75, 3.05) is 13.1 Å². The van der Waals surface area contributed by atoms with Crippen molar-refractivity contribution in [2.24, 2.45) is 5.92 Å². The molecule has 1 aromatic heterocycles. The highest BCUT2D eigenvalue weighted by Gasteiger charge is 2.43. The van der Waals surface area contributed by atoms with Crippen LogP contribution in [0.25, 0.3) is 0 Å². The molecule has 6 nitrogen and oxygen atoms in total. The number of amides is 1. The average Bonchev–Trinajstić information content (AvgIpc) is 3.01. The van der Waals surface area contributed by atoms with Crippen LogP contribution >= 0.6 is 0 Å². The number of nitrogens with zero attached hydrogens (tertiary/aromatic N) is 4. The van der Waals surface area contributed by atoms with Gasteiger partial charge >= 0.3 is 0 Å². The SMILES string of the molecule is CC1CC2CNCC2N1C(=O)CCn1cncn1. The lowest BCUT2D eigenvalue weighted by molar-refractivity contribution is -0.134.